The Balaban J connectivity index is 1.60. The number of allylic oxidation sites excluding steroid dienone is 1. The molecule has 1 amide bonds. The molecule has 0 saturated carbocycles. The summed E-state index contributed by atoms with van der Waals surface area (Å²) in [6.45, 7) is 2.44. The summed E-state index contributed by atoms with van der Waals surface area (Å²) < 4.78 is 31.4. The van der Waals surface area contributed by atoms with Crippen LogP contribution in [0.25, 0.3) is 11.1 Å². The van der Waals surface area contributed by atoms with E-state index in [0.717, 1.165) is 23.6 Å². The number of carbonyl (C=O) groups excluding carboxylic acids is 1. The van der Waals surface area contributed by atoms with E-state index in [1.54, 1.807) is 13.0 Å². The van der Waals surface area contributed by atoms with Crippen LogP contribution in [-0.4, -0.2) is 49.5 Å². The quantitative estimate of drug-likeness (QED) is 0.501. The Hall–Kier alpha value is -1.84. The minimum atomic E-state index is -3.54. The predicted octanol–water partition coefficient (Wildman–Crippen LogP) is 3.57. The number of nitrogens with one attached hydrogen (secondary N) is 1. The minimum absolute atomic E-state index is 0.0652. The Morgan fingerprint density at radius 1 is 1.34 bits per heavy atom. The number of hydrogen-bond donors (Lipinski definition) is 1. The number of sulfonamides is 1. The van der Waals surface area contributed by atoms with E-state index in [0.29, 0.717) is 22.9 Å². The van der Waals surface area contributed by atoms with Crippen LogP contribution in [0.2, 0.25) is 0 Å². The van der Waals surface area contributed by atoms with Crippen LogP contribution in [0.4, 0.5) is 0 Å². The number of thioether (sulfide) groups is 1. The standard InChI is InChI=1S/C20H27N3O4S2/c1-14(19(24)21-12-11-15-7-5-4-6-8-15)28-20-22-17-13-16(9-10-18(17)27-20)29(25,26)23(2)3/h7,9-10,13-14H,4-6,8,11-12H2,1-3H3,(H,21,24). The fourth-order valence-corrected chi connectivity index (χ4v) is 4.84. The summed E-state index contributed by atoms with van der Waals surface area (Å²) in [5.41, 5.74) is 2.37. The van der Waals surface area contributed by atoms with Gasteiger partial charge in [0.05, 0.1) is 10.1 Å². The van der Waals surface area contributed by atoms with Gasteiger partial charge in [0.2, 0.25) is 15.9 Å². The predicted molar refractivity (Wildman–Crippen MR) is 114 cm³/mol. The summed E-state index contributed by atoms with van der Waals surface area (Å²) in [7, 11) is -0.577. The van der Waals surface area contributed by atoms with Gasteiger partial charge >= 0.3 is 0 Å². The molecule has 9 heteroatoms. The number of carbonyl (C=O) groups is 1. The van der Waals surface area contributed by atoms with E-state index in [9.17, 15) is 13.2 Å². The highest BCUT2D eigenvalue weighted by Crippen LogP contribution is 2.28. The number of amides is 1. The Morgan fingerprint density at radius 2 is 2.14 bits per heavy atom. The Labute approximate surface area is 176 Å². The van der Waals surface area contributed by atoms with Crippen molar-refractivity contribution in [2.75, 3.05) is 20.6 Å². The van der Waals surface area contributed by atoms with Gasteiger partial charge in [0.15, 0.2) is 5.58 Å². The van der Waals surface area contributed by atoms with Crippen LogP contribution >= 0.6 is 11.8 Å². The van der Waals surface area contributed by atoms with Crippen molar-refractivity contribution in [3.05, 3.63) is 29.8 Å². The monoisotopic (exact) mass is 437 g/mol. The molecule has 1 atom stereocenters. The lowest BCUT2D eigenvalue weighted by Crippen LogP contribution is -2.31. The molecular weight excluding hydrogens is 410 g/mol. The summed E-state index contributed by atoms with van der Waals surface area (Å²) in [5, 5.41) is 2.95. The van der Waals surface area contributed by atoms with E-state index in [1.165, 1.54) is 56.4 Å². The second kappa shape index (κ2) is 9.32. The lowest BCUT2D eigenvalue weighted by Gasteiger charge is -2.14. The number of rotatable bonds is 8. The van der Waals surface area contributed by atoms with E-state index in [1.807, 2.05) is 0 Å². The summed E-state index contributed by atoms with van der Waals surface area (Å²) >= 11 is 1.22. The van der Waals surface area contributed by atoms with Crippen LogP contribution in [0.3, 0.4) is 0 Å². The van der Waals surface area contributed by atoms with Crippen LogP contribution < -0.4 is 5.32 Å². The molecule has 7 nitrogen and oxygen atoms in total. The molecule has 29 heavy (non-hydrogen) atoms. The van der Waals surface area contributed by atoms with Gasteiger partial charge in [0.25, 0.3) is 5.22 Å². The van der Waals surface area contributed by atoms with E-state index in [-0.39, 0.29) is 16.1 Å². The van der Waals surface area contributed by atoms with E-state index in [4.69, 9.17) is 4.42 Å². The number of fused-ring (bicyclic) bond motifs is 1. The number of oxazole rings is 1. The normalized spacial score (nSPS) is 16.1. The van der Waals surface area contributed by atoms with Crippen molar-refractivity contribution in [3.8, 4) is 0 Å². The molecule has 3 rings (SSSR count). The van der Waals surface area contributed by atoms with Gasteiger partial charge in [-0.15, -0.1) is 0 Å². The lowest BCUT2D eigenvalue weighted by atomic mass is 9.97. The van der Waals surface area contributed by atoms with Crippen molar-refractivity contribution in [1.82, 2.24) is 14.6 Å². The zero-order chi connectivity index (χ0) is 21.0. The minimum Gasteiger partial charge on any atom is -0.431 e. The van der Waals surface area contributed by atoms with Crippen molar-refractivity contribution < 1.29 is 17.6 Å². The van der Waals surface area contributed by atoms with E-state index >= 15 is 0 Å². The van der Waals surface area contributed by atoms with Gasteiger partial charge in [0, 0.05) is 20.6 Å². The number of hydrogen-bond acceptors (Lipinski definition) is 6. The first-order valence-electron chi connectivity index (χ1n) is 9.73. The van der Waals surface area contributed by atoms with Crippen LogP contribution in [0.5, 0.6) is 0 Å². The highest BCUT2D eigenvalue weighted by atomic mass is 32.2. The third kappa shape index (κ3) is 5.40. The molecule has 1 aromatic carbocycles. The van der Waals surface area contributed by atoms with Gasteiger partial charge < -0.3 is 9.73 Å². The van der Waals surface area contributed by atoms with Gasteiger partial charge in [0.1, 0.15) is 5.52 Å². The first kappa shape index (κ1) is 21.9. The highest BCUT2D eigenvalue weighted by molar-refractivity contribution is 8.00. The number of benzene rings is 1. The summed E-state index contributed by atoms with van der Waals surface area (Å²) in [6.07, 6.45) is 7.96. The van der Waals surface area contributed by atoms with E-state index in [2.05, 4.69) is 16.4 Å². The van der Waals surface area contributed by atoms with Gasteiger partial charge in [-0.1, -0.05) is 23.4 Å². The largest absolute Gasteiger partial charge is 0.431 e. The third-order valence-electron chi connectivity index (χ3n) is 4.90. The van der Waals surface area contributed by atoms with Gasteiger partial charge in [-0.3, -0.25) is 4.79 Å². The van der Waals surface area contributed by atoms with Crippen LogP contribution in [-0.2, 0) is 14.8 Å². The van der Waals surface area contributed by atoms with Crippen LogP contribution in [0.15, 0.2) is 44.4 Å². The first-order chi connectivity index (χ1) is 13.8. The molecule has 1 aromatic heterocycles. The lowest BCUT2D eigenvalue weighted by molar-refractivity contribution is -0.120. The molecule has 1 aliphatic carbocycles. The SMILES string of the molecule is CC(Sc1nc2cc(S(=O)(=O)N(C)C)ccc2o1)C(=O)NCCC1=CCCCC1. The maximum Gasteiger partial charge on any atom is 0.257 e. The first-order valence-corrected chi connectivity index (χ1v) is 12.0. The smallest absolute Gasteiger partial charge is 0.257 e. The molecular formula is C20H27N3O4S2. The Kier molecular flexibility index (Phi) is 7.02. The number of aromatic nitrogens is 1. The van der Waals surface area contributed by atoms with Crippen LogP contribution in [0.1, 0.15) is 39.0 Å². The molecule has 2 aromatic rings. The van der Waals surface area contributed by atoms with Crippen LogP contribution in [0, 0.1) is 0 Å². The molecule has 1 heterocycles. The second-order valence-corrected chi connectivity index (χ2v) is 10.7. The third-order valence-corrected chi connectivity index (χ3v) is 7.65. The van der Waals surface area contributed by atoms with Gasteiger partial charge in [-0.05, 0) is 57.2 Å². The fraction of sp³-hybridized carbons (Fsp3) is 0.500. The zero-order valence-electron chi connectivity index (χ0n) is 17.0. The molecule has 0 radical (unpaired) electrons. The van der Waals surface area contributed by atoms with Crippen molar-refractivity contribution in [2.45, 2.75) is 54.4 Å². The zero-order valence-corrected chi connectivity index (χ0v) is 18.6. The summed E-state index contributed by atoms with van der Waals surface area (Å²) in [6, 6.07) is 4.57. The molecule has 158 valence electrons. The van der Waals surface area contributed by atoms with Crippen molar-refractivity contribution in [2.24, 2.45) is 0 Å². The Bertz CT molecular complexity index is 1010. The molecule has 1 unspecified atom stereocenters. The van der Waals surface area contributed by atoms with Crippen molar-refractivity contribution in [1.29, 1.82) is 0 Å². The van der Waals surface area contributed by atoms with Crippen molar-refractivity contribution >= 4 is 38.8 Å². The highest BCUT2D eigenvalue weighted by Gasteiger charge is 2.21. The van der Waals surface area contributed by atoms with E-state index < -0.39 is 10.0 Å². The number of nitrogens with zero attached hydrogens (tertiary/aromatic N) is 2. The van der Waals surface area contributed by atoms with Gasteiger partial charge in [-0.2, -0.15) is 0 Å². The molecule has 0 bridgehead atoms. The maximum atomic E-state index is 12.4. The Morgan fingerprint density at radius 3 is 2.83 bits per heavy atom. The van der Waals surface area contributed by atoms with Crippen molar-refractivity contribution in [3.63, 3.8) is 0 Å². The topological polar surface area (TPSA) is 92.5 Å². The molecule has 0 fully saturated rings. The molecule has 1 N–H and O–H groups in total. The van der Waals surface area contributed by atoms with Gasteiger partial charge in [-0.25, -0.2) is 17.7 Å². The molecule has 0 spiro atoms. The average Bonchev–Trinajstić information content (AvgIpc) is 3.09. The summed E-state index contributed by atoms with van der Waals surface area (Å²) in [4.78, 5) is 16.9. The fourth-order valence-electron chi connectivity index (χ4n) is 3.13. The summed E-state index contributed by atoms with van der Waals surface area (Å²) in [5.74, 6) is -0.0652. The molecule has 0 aliphatic heterocycles. The average molecular weight is 438 g/mol. The second-order valence-electron chi connectivity index (χ2n) is 7.31. The molecule has 0 saturated heterocycles. The molecule has 1 aliphatic rings. The maximum absolute atomic E-state index is 12.4.